The normalized spacial score (nSPS) is 11.0. The highest BCUT2D eigenvalue weighted by molar-refractivity contribution is 7.09. The number of nitrogens with zero attached hydrogens (tertiary/aromatic N) is 1. The van der Waals surface area contributed by atoms with Crippen molar-refractivity contribution in [2.75, 3.05) is 0 Å². The molecule has 0 aliphatic carbocycles. The molecule has 1 N–H and O–H groups in total. The molecule has 0 amide bonds. The lowest BCUT2D eigenvalue weighted by atomic mass is 10.2. The fourth-order valence-corrected chi connectivity index (χ4v) is 2.89. The first kappa shape index (κ1) is 12.9. The van der Waals surface area contributed by atoms with Crippen molar-refractivity contribution in [3.63, 3.8) is 0 Å². The second-order valence-corrected chi connectivity index (χ2v) is 5.50. The quantitative estimate of drug-likeness (QED) is 0.780. The van der Waals surface area contributed by atoms with Crippen LogP contribution in [0, 0.1) is 0 Å². The molecule has 5 heteroatoms. The van der Waals surface area contributed by atoms with Gasteiger partial charge in [-0.1, -0.05) is 18.2 Å². The van der Waals surface area contributed by atoms with E-state index >= 15 is 0 Å². The summed E-state index contributed by atoms with van der Waals surface area (Å²) in [6, 6.07) is 9.91. The third kappa shape index (κ3) is 2.88. The van der Waals surface area contributed by atoms with Crippen molar-refractivity contribution in [1.82, 2.24) is 4.98 Å². The summed E-state index contributed by atoms with van der Waals surface area (Å²) >= 11 is 1.54. The van der Waals surface area contributed by atoms with Gasteiger partial charge in [-0.15, -0.1) is 11.3 Å². The molecule has 2 aromatic heterocycles. The largest absolute Gasteiger partial charge is 0.481 e. The van der Waals surface area contributed by atoms with Gasteiger partial charge in [0.1, 0.15) is 16.4 Å². The van der Waals surface area contributed by atoms with Crippen molar-refractivity contribution >= 4 is 28.3 Å². The van der Waals surface area contributed by atoms with Crippen LogP contribution >= 0.6 is 11.3 Å². The Morgan fingerprint density at radius 2 is 2.20 bits per heavy atom. The van der Waals surface area contributed by atoms with Crippen LogP contribution in [0.3, 0.4) is 0 Å². The first-order valence-electron chi connectivity index (χ1n) is 6.33. The van der Waals surface area contributed by atoms with Crippen molar-refractivity contribution in [3.05, 3.63) is 52.2 Å². The lowest BCUT2D eigenvalue weighted by Gasteiger charge is -1.92. The molecular formula is C15H13NO3S. The maximum Gasteiger partial charge on any atom is 0.303 e. The summed E-state index contributed by atoms with van der Waals surface area (Å²) in [5.74, 6) is 0.0853. The molecule has 0 aliphatic heterocycles. The minimum atomic E-state index is -0.795. The number of hydrogen-bond acceptors (Lipinski definition) is 4. The van der Waals surface area contributed by atoms with Gasteiger partial charge in [-0.05, 0) is 12.1 Å². The molecule has 0 spiro atoms. The van der Waals surface area contributed by atoms with Gasteiger partial charge in [-0.3, -0.25) is 4.79 Å². The van der Waals surface area contributed by atoms with Gasteiger partial charge in [0.25, 0.3) is 0 Å². The zero-order chi connectivity index (χ0) is 13.9. The van der Waals surface area contributed by atoms with Gasteiger partial charge in [0.05, 0.1) is 18.5 Å². The Morgan fingerprint density at radius 3 is 3.00 bits per heavy atom. The summed E-state index contributed by atoms with van der Waals surface area (Å²) in [4.78, 5) is 15.0. The predicted molar refractivity (Wildman–Crippen MR) is 77.1 cm³/mol. The zero-order valence-corrected chi connectivity index (χ0v) is 11.5. The average Bonchev–Trinajstić information content (AvgIpc) is 3.02. The third-order valence-electron chi connectivity index (χ3n) is 3.00. The third-order valence-corrected chi connectivity index (χ3v) is 3.89. The van der Waals surface area contributed by atoms with Crippen LogP contribution in [0.25, 0.3) is 11.0 Å². The number of aliphatic carboxylic acids is 1. The summed E-state index contributed by atoms with van der Waals surface area (Å²) in [7, 11) is 0. The molecule has 102 valence electrons. The predicted octanol–water partition coefficient (Wildman–Crippen LogP) is 3.50. The van der Waals surface area contributed by atoms with Crippen molar-refractivity contribution in [1.29, 1.82) is 0 Å². The summed E-state index contributed by atoms with van der Waals surface area (Å²) in [5, 5.41) is 12.6. The second kappa shape index (κ2) is 5.46. The van der Waals surface area contributed by atoms with E-state index in [1.165, 1.54) is 0 Å². The Kier molecular flexibility index (Phi) is 3.52. The van der Waals surface area contributed by atoms with Gasteiger partial charge in [0.15, 0.2) is 0 Å². The highest BCUT2D eigenvalue weighted by Gasteiger charge is 2.08. The molecule has 0 bridgehead atoms. The lowest BCUT2D eigenvalue weighted by molar-refractivity contribution is -0.136. The van der Waals surface area contributed by atoms with Crippen molar-refractivity contribution < 1.29 is 14.3 Å². The molecule has 2 heterocycles. The maximum atomic E-state index is 10.5. The Bertz CT molecular complexity index is 711. The van der Waals surface area contributed by atoms with Crippen molar-refractivity contribution in [3.8, 4) is 0 Å². The van der Waals surface area contributed by atoms with E-state index in [0.717, 1.165) is 27.4 Å². The van der Waals surface area contributed by atoms with Crippen LogP contribution in [0.2, 0.25) is 0 Å². The Morgan fingerprint density at radius 1 is 1.35 bits per heavy atom. The molecule has 1 aromatic carbocycles. The van der Waals surface area contributed by atoms with Crippen molar-refractivity contribution in [2.24, 2.45) is 0 Å². The van der Waals surface area contributed by atoms with Gasteiger partial charge < -0.3 is 9.52 Å². The van der Waals surface area contributed by atoms with E-state index in [2.05, 4.69) is 4.98 Å². The van der Waals surface area contributed by atoms with Gasteiger partial charge in [0, 0.05) is 17.2 Å². The van der Waals surface area contributed by atoms with E-state index in [9.17, 15) is 4.79 Å². The highest BCUT2D eigenvalue weighted by Crippen LogP contribution is 2.22. The van der Waals surface area contributed by atoms with Gasteiger partial charge in [-0.25, -0.2) is 4.98 Å². The number of carboxylic acid groups (broad SMARTS) is 1. The second-order valence-electron chi connectivity index (χ2n) is 4.55. The number of hydrogen-bond donors (Lipinski definition) is 1. The minimum Gasteiger partial charge on any atom is -0.481 e. The summed E-state index contributed by atoms with van der Waals surface area (Å²) in [6.07, 6.45) is 1.24. The van der Waals surface area contributed by atoms with Crippen LogP contribution in [-0.4, -0.2) is 16.1 Å². The molecule has 0 saturated heterocycles. The molecule has 0 radical (unpaired) electrons. The minimum absolute atomic E-state index is 0.119. The number of benzene rings is 1. The van der Waals surface area contributed by atoms with Gasteiger partial charge >= 0.3 is 5.97 Å². The van der Waals surface area contributed by atoms with E-state index in [1.807, 2.05) is 35.7 Å². The average molecular weight is 287 g/mol. The lowest BCUT2D eigenvalue weighted by Crippen LogP contribution is -1.97. The molecular weight excluding hydrogens is 274 g/mol. The molecule has 0 atom stereocenters. The molecule has 3 aromatic rings. The first-order valence-corrected chi connectivity index (χ1v) is 7.21. The fourth-order valence-electron chi connectivity index (χ4n) is 2.05. The summed E-state index contributed by atoms with van der Waals surface area (Å²) in [5.41, 5.74) is 1.72. The monoisotopic (exact) mass is 287 g/mol. The Hall–Kier alpha value is -2.14. The number of aryl methyl sites for hydroxylation is 1. The molecule has 4 nitrogen and oxygen atoms in total. The Labute approximate surface area is 119 Å². The van der Waals surface area contributed by atoms with Crippen LogP contribution in [-0.2, 0) is 17.6 Å². The Balaban J connectivity index is 1.72. The number of thiazole rings is 1. The molecule has 3 rings (SSSR count). The number of carbonyl (C=O) groups is 1. The number of rotatable bonds is 5. The standard InChI is InChI=1S/C15H13NO3S/c17-15(18)6-5-11-9-20-14(16-11)8-12-7-10-3-1-2-4-13(10)19-12/h1-4,7,9H,5-6,8H2,(H,17,18). The zero-order valence-electron chi connectivity index (χ0n) is 10.7. The van der Waals surface area contributed by atoms with Crippen LogP contribution in [0.5, 0.6) is 0 Å². The van der Waals surface area contributed by atoms with Crippen LogP contribution in [0.15, 0.2) is 40.1 Å². The van der Waals surface area contributed by atoms with Gasteiger partial charge in [-0.2, -0.15) is 0 Å². The van der Waals surface area contributed by atoms with E-state index in [1.54, 1.807) is 11.3 Å². The fraction of sp³-hybridized carbons (Fsp3) is 0.200. The molecule has 0 unspecified atom stereocenters. The summed E-state index contributed by atoms with van der Waals surface area (Å²) < 4.78 is 5.75. The van der Waals surface area contributed by atoms with E-state index in [4.69, 9.17) is 9.52 Å². The number of para-hydroxylation sites is 1. The van der Waals surface area contributed by atoms with Crippen LogP contribution in [0.1, 0.15) is 22.9 Å². The number of furan rings is 1. The van der Waals surface area contributed by atoms with E-state index < -0.39 is 5.97 Å². The van der Waals surface area contributed by atoms with Crippen LogP contribution in [0.4, 0.5) is 0 Å². The molecule has 0 saturated carbocycles. The summed E-state index contributed by atoms with van der Waals surface area (Å²) in [6.45, 7) is 0. The van der Waals surface area contributed by atoms with E-state index in [0.29, 0.717) is 12.8 Å². The van der Waals surface area contributed by atoms with E-state index in [-0.39, 0.29) is 6.42 Å². The maximum absolute atomic E-state index is 10.5. The first-order chi connectivity index (χ1) is 9.70. The van der Waals surface area contributed by atoms with Crippen molar-refractivity contribution in [2.45, 2.75) is 19.3 Å². The topological polar surface area (TPSA) is 63.3 Å². The number of aromatic nitrogens is 1. The number of fused-ring (bicyclic) bond motifs is 1. The molecule has 0 fully saturated rings. The van der Waals surface area contributed by atoms with Gasteiger partial charge in [0.2, 0.25) is 0 Å². The highest BCUT2D eigenvalue weighted by atomic mass is 32.1. The number of carboxylic acids is 1. The van der Waals surface area contributed by atoms with Crippen LogP contribution < -0.4 is 0 Å². The molecule has 20 heavy (non-hydrogen) atoms. The SMILES string of the molecule is O=C(O)CCc1csc(Cc2cc3ccccc3o2)n1. The smallest absolute Gasteiger partial charge is 0.303 e. The molecule has 0 aliphatic rings.